The third-order valence-electron chi connectivity index (χ3n) is 1.88. The number of nitrogens with one attached hydrogen (secondary N) is 2. The monoisotopic (exact) mass is 270 g/mol. The minimum Gasteiger partial charge on any atom is -0.455 e. The van der Waals surface area contributed by atoms with Gasteiger partial charge in [-0.05, 0) is 29.3 Å². The van der Waals surface area contributed by atoms with E-state index in [4.69, 9.17) is 4.74 Å². The van der Waals surface area contributed by atoms with Crippen LogP contribution in [-0.2, 0) is 20.7 Å². The van der Waals surface area contributed by atoms with Crippen molar-refractivity contribution < 1.29 is 19.1 Å². The number of urea groups is 1. The van der Waals surface area contributed by atoms with Crippen molar-refractivity contribution in [3.8, 4) is 0 Å². The molecule has 0 bridgehead atoms. The van der Waals surface area contributed by atoms with E-state index in [0.717, 1.165) is 5.56 Å². The molecule has 3 amide bonds. The van der Waals surface area contributed by atoms with Crippen LogP contribution in [0.1, 0.15) is 12.5 Å². The molecule has 0 unspecified atom stereocenters. The van der Waals surface area contributed by atoms with Crippen molar-refractivity contribution in [2.45, 2.75) is 13.3 Å². The number of esters is 1. The van der Waals surface area contributed by atoms with Gasteiger partial charge in [-0.15, -0.1) is 0 Å². The first kappa shape index (κ1) is 14.2. The predicted octanol–water partition coefficient (Wildman–Crippen LogP) is 0.680. The lowest BCUT2D eigenvalue weighted by Gasteiger charge is -2.05. The van der Waals surface area contributed by atoms with Crippen molar-refractivity contribution in [1.29, 1.82) is 0 Å². The van der Waals surface area contributed by atoms with Crippen molar-refractivity contribution in [3.63, 3.8) is 0 Å². The number of rotatable bonds is 5. The Hall–Kier alpha value is -1.89. The minimum atomic E-state index is -0.653. The van der Waals surface area contributed by atoms with Crippen LogP contribution in [0.25, 0.3) is 0 Å². The van der Waals surface area contributed by atoms with E-state index < -0.39 is 24.5 Å². The van der Waals surface area contributed by atoms with Crippen molar-refractivity contribution in [3.05, 3.63) is 22.4 Å². The van der Waals surface area contributed by atoms with Crippen molar-refractivity contribution >= 4 is 29.2 Å². The Balaban J connectivity index is 2.21. The molecular weight excluding hydrogens is 256 g/mol. The standard InChI is InChI=1S/C11H14N2O4S/c1-2-12-11(16)13-9(14)6-17-10(15)5-8-3-4-18-7-8/h3-4,7H,2,5-6H2,1H3,(H2,12,13,14,16). The van der Waals surface area contributed by atoms with Crippen LogP contribution in [0.3, 0.4) is 0 Å². The van der Waals surface area contributed by atoms with Gasteiger partial charge in [0.25, 0.3) is 5.91 Å². The molecule has 2 N–H and O–H groups in total. The highest BCUT2D eigenvalue weighted by Gasteiger charge is 2.10. The van der Waals surface area contributed by atoms with Crippen LogP contribution in [0.2, 0.25) is 0 Å². The molecule has 1 aromatic heterocycles. The van der Waals surface area contributed by atoms with E-state index in [-0.39, 0.29) is 6.42 Å². The molecule has 0 atom stereocenters. The third kappa shape index (κ3) is 5.44. The summed E-state index contributed by atoms with van der Waals surface area (Å²) in [5.41, 5.74) is 0.842. The van der Waals surface area contributed by atoms with Gasteiger partial charge in [0, 0.05) is 6.54 Å². The van der Waals surface area contributed by atoms with E-state index in [9.17, 15) is 14.4 Å². The largest absolute Gasteiger partial charge is 0.455 e. The molecule has 0 aromatic carbocycles. The van der Waals surface area contributed by atoms with E-state index in [1.807, 2.05) is 16.1 Å². The van der Waals surface area contributed by atoms with Crippen LogP contribution in [0.4, 0.5) is 4.79 Å². The molecule has 0 saturated carbocycles. The maximum atomic E-state index is 11.3. The molecule has 0 aliphatic heterocycles. The highest BCUT2D eigenvalue weighted by Crippen LogP contribution is 2.06. The molecule has 0 aliphatic carbocycles. The summed E-state index contributed by atoms with van der Waals surface area (Å²) in [7, 11) is 0. The molecule has 0 aliphatic rings. The molecule has 7 heteroatoms. The van der Waals surface area contributed by atoms with E-state index >= 15 is 0 Å². The predicted molar refractivity (Wildman–Crippen MR) is 66.2 cm³/mol. The number of hydrogen-bond donors (Lipinski definition) is 2. The number of hydrogen-bond acceptors (Lipinski definition) is 5. The lowest BCUT2D eigenvalue weighted by molar-refractivity contribution is -0.147. The average Bonchev–Trinajstić information content (AvgIpc) is 2.79. The van der Waals surface area contributed by atoms with Gasteiger partial charge in [-0.2, -0.15) is 11.3 Å². The average molecular weight is 270 g/mol. The molecule has 0 saturated heterocycles. The van der Waals surface area contributed by atoms with Crippen molar-refractivity contribution in [2.24, 2.45) is 0 Å². The summed E-state index contributed by atoms with van der Waals surface area (Å²) >= 11 is 1.48. The highest BCUT2D eigenvalue weighted by atomic mass is 32.1. The molecule has 1 heterocycles. The van der Waals surface area contributed by atoms with Gasteiger partial charge in [0.1, 0.15) is 0 Å². The zero-order valence-corrected chi connectivity index (χ0v) is 10.7. The second-order valence-corrected chi connectivity index (χ2v) is 4.16. The van der Waals surface area contributed by atoms with Crippen LogP contribution in [0.5, 0.6) is 0 Å². The fourth-order valence-corrected chi connectivity index (χ4v) is 1.79. The van der Waals surface area contributed by atoms with Gasteiger partial charge in [0.05, 0.1) is 6.42 Å². The molecule has 0 radical (unpaired) electrons. The first-order valence-electron chi connectivity index (χ1n) is 5.36. The summed E-state index contributed by atoms with van der Waals surface area (Å²) in [6.07, 6.45) is 0.123. The van der Waals surface area contributed by atoms with Crippen LogP contribution in [0, 0.1) is 0 Å². The fourth-order valence-electron chi connectivity index (χ4n) is 1.12. The summed E-state index contributed by atoms with van der Waals surface area (Å²) in [6.45, 7) is 1.68. The second kappa shape index (κ2) is 7.44. The lowest BCUT2D eigenvalue weighted by Crippen LogP contribution is -2.41. The summed E-state index contributed by atoms with van der Waals surface area (Å²) in [6, 6.07) is 1.21. The number of thiophene rings is 1. The van der Waals surface area contributed by atoms with Crippen LogP contribution in [-0.4, -0.2) is 31.1 Å². The van der Waals surface area contributed by atoms with Gasteiger partial charge >= 0.3 is 12.0 Å². The van der Waals surface area contributed by atoms with E-state index in [0.29, 0.717) is 6.54 Å². The second-order valence-electron chi connectivity index (χ2n) is 3.38. The molecule has 18 heavy (non-hydrogen) atoms. The summed E-state index contributed by atoms with van der Waals surface area (Å²) in [4.78, 5) is 33.5. The van der Waals surface area contributed by atoms with E-state index in [1.54, 1.807) is 13.0 Å². The van der Waals surface area contributed by atoms with E-state index in [1.165, 1.54) is 11.3 Å². The van der Waals surface area contributed by atoms with Gasteiger partial charge < -0.3 is 10.1 Å². The summed E-state index contributed by atoms with van der Waals surface area (Å²) < 4.78 is 4.73. The smallest absolute Gasteiger partial charge is 0.321 e. The molecule has 0 fully saturated rings. The number of amides is 3. The maximum Gasteiger partial charge on any atom is 0.321 e. The quantitative estimate of drug-likeness (QED) is 0.771. The zero-order valence-electron chi connectivity index (χ0n) is 9.89. The van der Waals surface area contributed by atoms with Gasteiger partial charge in [-0.25, -0.2) is 4.79 Å². The topological polar surface area (TPSA) is 84.5 Å². The number of carbonyl (C=O) groups is 3. The lowest BCUT2D eigenvalue weighted by atomic mass is 10.2. The molecular formula is C11H14N2O4S. The molecule has 1 rings (SSSR count). The van der Waals surface area contributed by atoms with Gasteiger partial charge in [-0.3, -0.25) is 14.9 Å². The molecule has 98 valence electrons. The summed E-state index contributed by atoms with van der Waals surface area (Å²) in [5, 5.41) is 8.10. The maximum absolute atomic E-state index is 11.3. The first-order chi connectivity index (χ1) is 8.61. The zero-order chi connectivity index (χ0) is 13.4. The van der Waals surface area contributed by atoms with Crippen LogP contribution < -0.4 is 10.6 Å². The molecule has 1 aromatic rings. The van der Waals surface area contributed by atoms with Gasteiger partial charge in [0.15, 0.2) is 6.61 Å². The Labute approximate surface area is 108 Å². The Morgan fingerprint density at radius 1 is 1.39 bits per heavy atom. The normalized spacial score (nSPS) is 9.61. The Morgan fingerprint density at radius 2 is 2.17 bits per heavy atom. The van der Waals surface area contributed by atoms with Crippen LogP contribution >= 0.6 is 11.3 Å². The molecule has 0 spiro atoms. The highest BCUT2D eigenvalue weighted by molar-refractivity contribution is 7.07. The first-order valence-corrected chi connectivity index (χ1v) is 6.30. The van der Waals surface area contributed by atoms with Gasteiger partial charge in [0.2, 0.25) is 0 Å². The van der Waals surface area contributed by atoms with Gasteiger partial charge in [-0.1, -0.05) is 0 Å². The fraction of sp³-hybridized carbons (Fsp3) is 0.364. The number of ether oxygens (including phenoxy) is 1. The van der Waals surface area contributed by atoms with E-state index in [2.05, 4.69) is 5.32 Å². The van der Waals surface area contributed by atoms with Crippen LogP contribution in [0.15, 0.2) is 16.8 Å². The Morgan fingerprint density at radius 3 is 2.78 bits per heavy atom. The van der Waals surface area contributed by atoms with Crippen molar-refractivity contribution in [1.82, 2.24) is 10.6 Å². The number of imide groups is 1. The Bertz CT molecular complexity index is 417. The third-order valence-corrected chi connectivity index (χ3v) is 2.62. The number of carbonyl (C=O) groups excluding carboxylic acids is 3. The van der Waals surface area contributed by atoms with Crippen molar-refractivity contribution in [2.75, 3.05) is 13.2 Å². The Kier molecular flexibility index (Phi) is 5.86. The molecule has 6 nitrogen and oxygen atoms in total. The summed E-state index contributed by atoms with van der Waals surface area (Å²) in [5.74, 6) is -1.15. The minimum absolute atomic E-state index is 0.123. The SMILES string of the molecule is CCNC(=O)NC(=O)COC(=O)Cc1ccsc1.